The maximum absolute atomic E-state index is 11.2. The predicted molar refractivity (Wildman–Crippen MR) is 134 cm³/mol. The molecule has 4 aromatic rings. The predicted octanol–water partition coefficient (Wildman–Crippen LogP) is 5.56. The number of nitrogens with one attached hydrogen (secondary N) is 1. The summed E-state index contributed by atoms with van der Waals surface area (Å²) in [7, 11) is 1.57. The molecule has 0 aliphatic carbocycles. The molecule has 3 N–H and O–H groups in total. The van der Waals surface area contributed by atoms with Crippen molar-refractivity contribution in [1.82, 2.24) is 4.98 Å². The van der Waals surface area contributed by atoms with Crippen molar-refractivity contribution in [2.45, 2.75) is 12.5 Å². The molecular formula is C28H26N2O4. The Morgan fingerprint density at radius 3 is 2.50 bits per heavy atom. The number of anilines is 1. The summed E-state index contributed by atoms with van der Waals surface area (Å²) < 4.78 is 5.11. The number of rotatable bonds is 9. The number of ether oxygens (including phenoxy) is 1. The second kappa shape index (κ2) is 10.6. The number of carboxylic acid groups (broad SMARTS) is 1. The van der Waals surface area contributed by atoms with Crippen molar-refractivity contribution in [2.24, 2.45) is 0 Å². The highest BCUT2D eigenvalue weighted by Gasteiger charge is 2.14. The zero-order chi connectivity index (χ0) is 23.9. The highest BCUT2D eigenvalue weighted by atomic mass is 16.5. The van der Waals surface area contributed by atoms with E-state index < -0.39 is 12.1 Å². The first-order valence-electron chi connectivity index (χ1n) is 11.0. The standard InChI is InChI=1S/C28H26N2O4/c1-34-27-14-13-23(18-30-27)29-17-20(15-19-9-11-22(12-10-19)28(32)33)16-26(31)25-8-4-6-21-5-2-3-7-24(21)25/h2-15,18,26,29,31H,16-17H2,1H3,(H,32,33). The zero-order valence-electron chi connectivity index (χ0n) is 18.8. The van der Waals surface area contributed by atoms with Crippen LogP contribution in [0.3, 0.4) is 0 Å². The van der Waals surface area contributed by atoms with Gasteiger partial charge < -0.3 is 20.3 Å². The van der Waals surface area contributed by atoms with E-state index in [0.717, 1.165) is 33.2 Å². The number of aliphatic hydroxyl groups is 1. The van der Waals surface area contributed by atoms with Gasteiger partial charge in [0.2, 0.25) is 5.88 Å². The quantitative estimate of drug-likeness (QED) is 0.307. The Morgan fingerprint density at radius 1 is 1.03 bits per heavy atom. The molecule has 0 fully saturated rings. The Hall–Kier alpha value is -4.16. The van der Waals surface area contributed by atoms with Crippen LogP contribution in [0.15, 0.2) is 90.6 Å². The highest BCUT2D eigenvalue weighted by Crippen LogP contribution is 2.29. The van der Waals surface area contributed by atoms with Crippen molar-refractivity contribution in [3.05, 3.63) is 107 Å². The Balaban J connectivity index is 1.59. The first kappa shape index (κ1) is 23.0. The fourth-order valence-corrected chi connectivity index (χ4v) is 3.86. The Labute approximate surface area is 198 Å². The molecular weight excluding hydrogens is 428 g/mol. The number of nitrogens with zero attached hydrogens (tertiary/aromatic N) is 1. The van der Waals surface area contributed by atoms with Crippen LogP contribution < -0.4 is 10.1 Å². The van der Waals surface area contributed by atoms with Gasteiger partial charge in [0.1, 0.15) is 0 Å². The minimum absolute atomic E-state index is 0.233. The molecule has 6 nitrogen and oxygen atoms in total. The van der Waals surface area contributed by atoms with Crippen molar-refractivity contribution in [2.75, 3.05) is 19.0 Å². The van der Waals surface area contributed by atoms with E-state index in [2.05, 4.69) is 10.3 Å². The zero-order valence-corrected chi connectivity index (χ0v) is 18.8. The smallest absolute Gasteiger partial charge is 0.335 e. The molecule has 0 spiro atoms. The van der Waals surface area contributed by atoms with Gasteiger partial charge in [0.15, 0.2) is 0 Å². The summed E-state index contributed by atoms with van der Waals surface area (Å²) >= 11 is 0. The van der Waals surface area contributed by atoms with E-state index in [1.54, 1.807) is 43.6 Å². The summed E-state index contributed by atoms with van der Waals surface area (Å²) in [4.78, 5) is 15.4. The number of aromatic carboxylic acids is 1. The minimum atomic E-state index is -0.962. The Morgan fingerprint density at radius 2 is 1.79 bits per heavy atom. The van der Waals surface area contributed by atoms with Gasteiger partial charge in [0.25, 0.3) is 0 Å². The van der Waals surface area contributed by atoms with Gasteiger partial charge in [0.05, 0.1) is 30.7 Å². The number of benzene rings is 3. The van der Waals surface area contributed by atoms with Crippen LogP contribution in [0.1, 0.15) is 34.0 Å². The summed E-state index contributed by atoms with van der Waals surface area (Å²) in [6.07, 6.45) is 3.38. The maximum Gasteiger partial charge on any atom is 0.335 e. The van der Waals surface area contributed by atoms with Crippen LogP contribution in [0.2, 0.25) is 0 Å². The number of aromatic nitrogens is 1. The van der Waals surface area contributed by atoms with Gasteiger partial charge in [-0.05, 0) is 45.7 Å². The van der Waals surface area contributed by atoms with Crippen molar-refractivity contribution in [3.63, 3.8) is 0 Å². The van der Waals surface area contributed by atoms with Crippen LogP contribution in [-0.2, 0) is 0 Å². The fraction of sp³-hybridized carbons (Fsp3) is 0.143. The van der Waals surface area contributed by atoms with Crippen LogP contribution in [0, 0.1) is 0 Å². The van der Waals surface area contributed by atoms with Crippen molar-refractivity contribution in [1.29, 1.82) is 0 Å². The Kier molecular flexibility index (Phi) is 7.20. The van der Waals surface area contributed by atoms with Crippen LogP contribution in [0.4, 0.5) is 5.69 Å². The third-order valence-corrected chi connectivity index (χ3v) is 5.63. The lowest BCUT2D eigenvalue weighted by molar-refractivity contribution is 0.0697. The van der Waals surface area contributed by atoms with E-state index in [0.29, 0.717) is 18.8 Å². The van der Waals surface area contributed by atoms with Gasteiger partial charge in [-0.15, -0.1) is 0 Å². The number of aliphatic hydroxyl groups excluding tert-OH is 1. The number of carboxylic acids is 1. The van der Waals surface area contributed by atoms with E-state index in [1.807, 2.05) is 54.6 Å². The average molecular weight is 455 g/mol. The number of carbonyl (C=O) groups is 1. The lowest BCUT2D eigenvalue weighted by atomic mass is 9.95. The molecule has 0 radical (unpaired) electrons. The SMILES string of the molecule is COc1ccc(NCC(=Cc2ccc(C(=O)O)cc2)CC(O)c2cccc3ccccc23)cn1. The summed E-state index contributed by atoms with van der Waals surface area (Å²) in [6.45, 7) is 0.483. The molecule has 0 saturated carbocycles. The van der Waals surface area contributed by atoms with E-state index in [4.69, 9.17) is 9.84 Å². The molecule has 3 aromatic carbocycles. The minimum Gasteiger partial charge on any atom is -0.481 e. The molecule has 0 saturated heterocycles. The van der Waals surface area contributed by atoms with Crippen LogP contribution in [0.25, 0.3) is 16.8 Å². The molecule has 0 aliphatic rings. The second-order valence-corrected chi connectivity index (χ2v) is 7.96. The van der Waals surface area contributed by atoms with Gasteiger partial charge in [0, 0.05) is 19.0 Å². The largest absolute Gasteiger partial charge is 0.481 e. The van der Waals surface area contributed by atoms with Gasteiger partial charge in [-0.2, -0.15) is 0 Å². The third-order valence-electron chi connectivity index (χ3n) is 5.63. The van der Waals surface area contributed by atoms with Crippen molar-refractivity contribution < 1.29 is 19.7 Å². The molecule has 0 amide bonds. The van der Waals surface area contributed by atoms with Gasteiger partial charge in [-0.25, -0.2) is 9.78 Å². The molecule has 1 heterocycles. The van der Waals surface area contributed by atoms with Crippen molar-refractivity contribution >= 4 is 28.5 Å². The van der Waals surface area contributed by atoms with Gasteiger partial charge in [-0.1, -0.05) is 60.7 Å². The third kappa shape index (κ3) is 5.60. The van der Waals surface area contributed by atoms with Crippen LogP contribution in [-0.4, -0.2) is 34.8 Å². The van der Waals surface area contributed by atoms with Gasteiger partial charge >= 0.3 is 5.97 Å². The fourth-order valence-electron chi connectivity index (χ4n) is 3.86. The maximum atomic E-state index is 11.2. The number of methoxy groups -OCH3 is 1. The molecule has 0 bridgehead atoms. The molecule has 0 aliphatic heterocycles. The molecule has 6 heteroatoms. The lowest BCUT2D eigenvalue weighted by Crippen LogP contribution is -2.09. The molecule has 34 heavy (non-hydrogen) atoms. The normalized spacial score (nSPS) is 12.4. The van der Waals surface area contributed by atoms with Crippen LogP contribution in [0.5, 0.6) is 5.88 Å². The monoisotopic (exact) mass is 454 g/mol. The first-order valence-corrected chi connectivity index (χ1v) is 11.0. The molecule has 172 valence electrons. The summed E-state index contributed by atoms with van der Waals surface area (Å²) in [6, 6.07) is 24.3. The number of hydrogen-bond acceptors (Lipinski definition) is 5. The van der Waals surface area contributed by atoms with Crippen molar-refractivity contribution in [3.8, 4) is 5.88 Å². The number of pyridine rings is 1. The van der Waals surface area contributed by atoms with Crippen LogP contribution >= 0.6 is 0 Å². The van der Waals surface area contributed by atoms with Gasteiger partial charge in [-0.3, -0.25) is 0 Å². The average Bonchev–Trinajstić information content (AvgIpc) is 2.87. The molecule has 4 rings (SSSR count). The van der Waals surface area contributed by atoms with E-state index >= 15 is 0 Å². The first-order chi connectivity index (χ1) is 16.5. The van der Waals surface area contributed by atoms with E-state index in [9.17, 15) is 9.90 Å². The number of fused-ring (bicyclic) bond motifs is 1. The lowest BCUT2D eigenvalue weighted by Gasteiger charge is -2.17. The highest BCUT2D eigenvalue weighted by molar-refractivity contribution is 5.88. The molecule has 1 aromatic heterocycles. The molecule has 1 atom stereocenters. The summed E-state index contributed by atoms with van der Waals surface area (Å²) in [5, 5.41) is 25.8. The number of hydrogen-bond donors (Lipinski definition) is 3. The summed E-state index contributed by atoms with van der Waals surface area (Å²) in [5.74, 6) is -0.429. The second-order valence-electron chi connectivity index (χ2n) is 7.96. The van der Waals surface area contributed by atoms with E-state index in [1.165, 1.54) is 0 Å². The van der Waals surface area contributed by atoms with E-state index in [-0.39, 0.29) is 5.56 Å². The topological polar surface area (TPSA) is 91.7 Å². The molecule has 1 unspecified atom stereocenters. The Bertz CT molecular complexity index is 1290. The summed E-state index contributed by atoms with van der Waals surface area (Å²) in [5.41, 5.74) is 3.75.